The number of hydrogen-bond acceptors (Lipinski definition) is 3. The average molecular weight is 293 g/mol. The maximum absolute atomic E-state index is 12.4. The SMILES string of the molecule is Cl.OCCN(Cc1cccc2c1NCC2)CC(F)F. The van der Waals surface area contributed by atoms with Crippen LogP contribution in [0.4, 0.5) is 14.5 Å². The fourth-order valence-corrected chi connectivity index (χ4v) is 2.36. The Labute approximate surface area is 118 Å². The zero-order chi connectivity index (χ0) is 13.0. The molecule has 0 aromatic heterocycles. The Kier molecular flexibility index (Phi) is 6.48. The van der Waals surface area contributed by atoms with Crippen molar-refractivity contribution in [2.75, 3.05) is 31.6 Å². The molecule has 0 spiro atoms. The van der Waals surface area contributed by atoms with Crippen molar-refractivity contribution < 1.29 is 13.9 Å². The van der Waals surface area contributed by atoms with Gasteiger partial charge >= 0.3 is 0 Å². The summed E-state index contributed by atoms with van der Waals surface area (Å²) in [5.74, 6) is 0. The summed E-state index contributed by atoms with van der Waals surface area (Å²) in [5.41, 5.74) is 3.35. The molecule has 1 aliphatic rings. The van der Waals surface area contributed by atoms with E-state index in [2.05, 4.69) is 11.4 Å². The van der Waals surface area contributed by atoms with E-state index in [0.29, 0.717) is 6.54 Å². The molecule has 0 fully saturated rings. The minimum atomic E-state index is -2.37. The number of anilines is 1. The van der Waals surface area contributed by atoms with Crippen molar-refractivity contribution in [2.24, 2.45) is 0 Å². The van der Waals surface area contributed by atoms with Crippen molar-refractivity contribution >= 4 is 18.1 Å². The van der Waals surface area contributed by atoms with E-state index in [4.69, 9.17) is 5.11 Å². The first-order valence-corrected chi connectivity index (χ1v) is 6.16. The molecule has 0 unspecified atom stereocenters. The molecule has 0 amide bonds. The fraction of sp³-hybridized carbons (Fsp3) is 0.538. The number of fused-ring (bicyclic) bond motifs is 1. The molecule has 6 heteroatoms. The van der Waals surface area contributed by atoms with E-state index < -0.39 is 6.43 Å². The molecule has 3 nitrogen and oxygen atoms in total. The van der Waals surface area contributed by atoms with Gasteiger partial charge in [-0.2, -0.15) is 0 Å². The van der Waals surface area contributed by atoms with E-state index in [-0.39, 0.29) is 32.1 Å². The predicted molar refractivity (Wildman–Crippen MR) is 74.3 cm³/mol. The summed E-state index contributed by atoms with van der Waals surface area (Å²) in [5, 5.41) is 12.2. The lowest BCUT2D eigenvalue weighted by Crippen LogP contribution is -2.31. The summed E-state index contributed by atoms with van der Waals surface area (Å²) in [4.78, 5) is 1.58. The van der Waals surface area contributed by atoms with E-state index >= 15 is 0 Å². The van der Waals surface area contributed by atoms with Crippen molar-refractivity contribution in [1.29, 1.82) is 0 Å². The monoisotopic (exact) mass is 292 g/mol. The van der Waals surface area contributed by atoms with Gasteiger partial charge in [-0.15, -0.1) is 12.4 Å². The van der Waals surface area contributed by atoms with Crippen LogP contribution in [0, 0.1) is 0 Å². The summed E-state index contributed by atoms with van der Waals surface area (Å²) in [6.07, 6.45) is -1.39. The van der Waals surface area contributed by atoms with Crippen molar-refractivity contribution in [3.8, 4) is 0 Å². The molecule has 0 aliphatic carbocycles. The van der Waals surface area contributed by atoms with Crippen molar-refractivity contribution in [2.45, 2.75) is 19.4 Å². The molecule has 1 aliphatic heterocycles. The summed E-state index contributed by atoms with van der Waals surface area (Å²) < 4.78 is 24.9. The quantitative estimate of drug-likeness (QED) is 0.843. The number of rotatable bonds is 6. The molecule has 0 bridgehead atoms. The fourth-order valence-electron chi connectivity index (χ4n) is 2.36. The highest BCUT2D eigenvalue weighted by molar-refractivity contribution is 5.85. The van der Waals surface area contributed by atoms with Crippen LogP contribution in [0.3, 0.4) is 0 Å². The minimum absolute atomic E-state index is 0. The Morgan fingerprint density at radius 1 is 1.37 bits per heavy atom. The summed E-state index contributed by atoms with van der Waals surface area (Å²) >= 11 is 0. The van der Waals surface area contributed by atoms with E-state index in [1.807, 2.05) is 12.1 Å². The van der Waals surface area contributed by atoms with Gasteiger partial charge < -0.3 is 10.4 Å². The van der Waals surface area contributed by atoms with Crippen LogP contribution in [0.25, 0.3) is 0 Å². The van der Waals surface area contributed by atoms with Crippen molar-refractivity contribution in [3.63, 3.8) is 0 Å². The van der Waals surface area contributed by atoms with Gasteiger partial charge in [0.2, 0.25) is 0 Å². The minimum Gasteiger partial charge on any atom is -0.395 e. The Balaban J connectivity index is 0.00000180. The van der Waals surface area contributed by atoms with Crippen LogP contribution in [0.5, 0.6) is 0 Å². The number of nitrogens with one attached hydrogen (secondary N) is 1. The van der Waals surface area contributed by atoms with E-state index in [9.17, 15) is 8.78 Å². The highest BCUT2D eigenvalue weighted by atomic mass is 35.5. The van der Waals surface area contributed by atoms with Gasteiger partial charge in [-0.25, -0.2) is 8.78 Å². The third-order valence-corrected chi connectivity index (χ3v) is 3.14. The highest BCUT2D eigenvalue weighted by Gasteiger charge is 2.17. The second-order valence-corrected chi connectivity index (χ2v) is 4.48. The molecule has 2 rings (SSSR count). The molecule has 2 N–H and O–H groups in total. The van der Waals surface area contributed by atoms with Crippen LogP contribution >= 0.6 is 12.4 Å². The lowest BCUT2D eigenvalue weighted by molar-refractivity contribution is 0.0747. The number of aliphatic hydroxyl groups is 1. The molecule has 1 aromatic carbocycles. The molecule has 0 atom stereocenters. The second-order valence-electron chi connectivity index (χ2n) is 4.48. The van der Waals surface area contributed by atoms with Crippen molar-refractivity contribution in [3.05, 3.63) is 29.3 Å². The van der Waals surface area contributed by atoms with Gasteiger partial charge in [0.1, 0.15) is 0 Å². The second kappa shape index (κ2) is 7.62. The number of halogens is 3. The third-order valence-electron chi connectivity index (χ3n) is 3.14. The third kappa shape index (κ3) is 4.30. The summed E-state index contributed by atoms with van der Waals surface area (Å²) in [7, 11) is 0. The molecule has 1 heterocycles. The summed E-state index contributed by atoms with van der Waals surface area (Å²) in [6.45, 7) is 1.22. The zero-order valence-electron chi connectivity index (χ0n) is 10.6. The van der Waals surface area contributed by atoms with Crippen LogP contribution in [0.1, 0.15) is 11.1 Å². The maximum Gasteiger partial charge on any atom is 0.251 e. The van der Waals surface area contributed by atoms with E-state index in [1.54, 1.807) is 4.90 Å². The Bertz CT molecular complexity index is 404. The topological polar surface area (TPSA) is 35.5 Å². The van der Waals surface area contributed by atoms with Gasteiger partial charge in [-0.05, 0) is 17.5 Å². The van der Waals surface area contributed by atoms with Gasteiger partial charge in [-0.1, -0.05) is 18.2 Å². The first-order chi connectivity index (χ1) is 8.70. The highest BCUT2D eigenvalue weighted by Crippen LogP contribution is 2.27. The maximum atomic E-state index is 12.4. The molecule has 0 radical (unpaired) electrons. The largest absolute Gasteiger partial charge is 0.395 e. The number of para-hydroxylation sites is 1. The number of nitrogens with zero attached hydrogens (tertiary/aromatic N) is 1. The average Bonchev–Trinajstić information content (AvgIpc) is 2.77. The Morgan fingerprint density at radius 3 is 2.84 bits per heavy atom. The smallest absolute Gasteiger partial charge is 0.251 e. The number of aliphatic hydroxyl groups excluding tert-OH is 1. The molecule has 108 valence electrons. The van der Waals surface area contributed by atoms with Gasteiger partial charge in [0.15, 0.2) is 0 Å². The van der Waals surface area contributed by atoms with Crippen LogP contribution in [-0.4, -0.2) is 42.7 Å². The number of benzene rings is 1. The Hall–Kier alpha value is -0.910. The van der Waals surface area contributed by atoms with E-state index in [0.717, 1.165) is 24.2 Å². The Morgan fingerprint density at radius 2 is 2.16 bits per heavy atom. The molecule has 0 saturated carbocycles. The summed E-state index contributed by atoms with van der Waals surface area (Å²) in [6, 6.07) is 5.97. The lowest BCUT2D eigenvalue weighted by Gasteiger charge is -2.22. The first kappa shape index (κ1) is 16.1. The first-order valence-electron chi connectivity index (χ1n) is 6.16. The van der Waals surface area contributed by atoms with Crippen molar-refractivity contribution in [1.82, 2.24) is 4.90 Å². The van der Waals surface area contributed by atoms with Gasteiger partial charge in [-0.3, -0.25) is 4.90 Å². The lowest BCUT2D eigenvalue weighted by atomic mass is 10.1. The predicted octanol–water partition coefficient (Wildman–Crippen LogP) is 2.14. The standard InChI is InChI=1S/C13H18F2N2O.ClH/c14-12(15)9-17(6-7-18)8-11-3-1-2-10-4-5-16-13(10)11;/h1-3,12,16,18H,4-9H2;1H. The normalized spacial score (nSPS) is 13.3. The van der Waals surface area contributed by atoms with Gasteiger partial charge in [0.05, 0.1) is 13.2 Å². The van der Waals surface area contributed by atoms with Crippen LogP contribution in [-0.2, 0) is 13.0 Å². The van der Waals surface area contributed by atoms with Gasteiger partial charge in [0.25, 0.3) is 6.43 Å². The van der Waals surface area contributed by atoms with Gasteiger partial charge in [0, 0.05) is 25.3 Å². The number of hydrogen-bond donors (Lipinski definition) is 2. The van der Waals surface area contributed by atoms with Crippen LogP contribution < -0.4 is 5.32 Å². The molecular weight excluding hydrogens is 274 g/mol. The molecule has 1 aromatic rings. The molecule has 19 heavy (non-hydrogen) atoms. The van der Waals surface area contributed by atoms with E-state index in [1.165, 1.54) is 5.56 Å². The zero-order valence-corrected chi connectivity index (χ0v) is 11.4. The van der Waals surface area contributed by atoms with Crippen LogP contribution in [0.2, 0.25) is 0 Å². The molecular formula is C13H19ClF2N2O. The molecule has 0 saturated heterocycles. The van der Waals surface area contributed by atoms with Crippen LogP contribution in [0.15, 0.2) is 18.2 Å². The number of alkyl halides is 2.